The highest BCUT2D eigenvalue weighted by atomic mass is 16.5. The number of anilines is 1. The number of carbonyl (C=O) groups excluding carboxylic acids is 2. The van der Waals surface area contributed by atoms with E-state index in [0.717, 1.165) is 11.1 Å². The topological polar surface area (TPSA) is 74.3 Å². The zero-order valence-corrected chi connectivity index (χ0v) is 17.7. The molecule has 7 nitrogen and oxygen atoms in total. The van der Waals surface area contributed by atoms with Crippen molar-refractivity contribution in [3.8, 4) is 22.6 Å². The van der Waals surface area contributed by atoms with Crippen LogP contribution in [-0.4, -0.2) is 40.4 Å². The van der Waals surface area contributed by atoms with Crippen molar-refractivity contribution in [3.63, 3.8) is 0 Å². The van der Waals surface area contributed by atoms with Gasteiger partial charge in [0.25, 0.3) is 0 Å². The largest absolute Gasteiger partial charge is 0.497 e. The maximum Gasteiger partial charge on any atom is 0.355 e. The highest BCUT2D eigenvalue weighted by Gasteiger charge is 2.27. The second kappa shape index (κ2) is 9.67. The predicted molar refractivity (Wildman–Crippen MR) is 117 cm³/mol. The Morgan fingerprint density at radius 1 is 0.806 bits per heavy atom. The van der Waals surface area contributed by atoms with E-state index in [9.17, 15) is 9.59 Å². The van der Waals surface area contributed by atoms with Crippen LogP contribution in [0, 0.1) is 0 Å². The van der Waals surface area contributed by atoms with Crippen LogP contribution in [0.5, 0.6) is 11.5 Å². The molecule has 7 heteroatoms. The number of hydrogen-bond donors (Lipinski definition) is 0. The summed E-state index contributed by atoms with van der Waals surface area (Å²) in [6.45, 7) is 0. The number of benzene rings is 2. The van der Waals surface area contributed by atoms with Gasteiger partial charge >= 0.3 is 11.9 Å². The fourth-order valence-electron chi connectivity index (χ4n) is 3.20. The van der Waals surface area contributed by atoms with Crippen LogP contribution in [0.1, 0.15) is 0 Å². The molecule has 0 spiro atoms. The van der Waals surface area contributed by atoms with Gasteiger partial charge in [-0.1, -0.05) is 18.2 Å². The quantitative estimate of drug-likeness (QED) is 0.656. The van der Waals surface area contributed by atoms with E-state index in [2.05, 4.69) is 0 Å². The van der Waals surface area contributed by atoms with Gasteiger partial charge in [-0.25, -0.2) is 9.59 Å². The van der Waals surface area contributed by atoms with E-state index >= 15 is 0 Å². The molecule has 0 amide bonds. The van der Waals surface area contributed by atoms with Crippen LogP contribution in [0.15, 0.2) is 78.2 Å². The molecule has 0 radical (unpaired) electrons. The molecule has 3 rings (SSSR count). The molecule has 2 aromatic rings. The number of allylic oxidation sites excluding steroid dienone is 2. The van der Waals surface area contributed by atoms with Crippen LogP contribution in [0.2, 0.25) is 0 Å². The zero-order valence-electron chi connectivity index (χ0n) is 17.7. The molecular weight excluding hydrogens is 398 g/mol. The van der Waals surface area contributed by atoms with E-state index in [1.807, 2.05) is 42.5 Å². The number of esters is 2. The Bertz CT molecular complexity index is 1070. The molecule has 0 N–H and O–H groups in total. The van der Waals surface area contributed by atoms with E-state index in [4.69, 9.17) is 18.9 Å². The molecule has 2 aromatic carbocycles. The van der Waals surface area contributed by atoms with Gasteiger partial charge in [-0.05, 0) is 42.0 Å². The van der Waals surface area contributed by atoms with E-state index in [1.165, 1.54) is 20.3 Å². The van der Waals surface area contributed by atoms with Gasteiger partial charge in [-0.3, -0.25) is 0 Å². The summed E-state index contributed by atoms with van der Waals surface area (Å²) in [5.41, 5.74) is 2.63. The molecule has 0 saturated heterocycles. The van der Waals surface area contributed by atoms with Gasteiger partial charge in [0.05, 0.1) is 34.0 Å². The second-order valence-electron chi connectivity index (χ2n) is 6.43. The van der Waals surface area contributed by atoms with Gasteiger partial charge in [0.2, 0.25) is 0 Å². The number of carbonyl (C=O) groups is 2. The Morgan fingerprint density at radius 3 is 2.13 bits per heavy atom. The molecule has 1 aliphatic heterocycles. The highest BCUT2D eigenvalue weighted by molar-refractivity contribution is 6.05. The molecule has 1 heterocycles. The van der Waals surface area contributed by atoms with E-state index in [-0.39, 0.29) is 11.3 Å². The van der Waals surface area contributed by atoms with Gasteiger partial charge in [0.15, 0.2) is 0 Å². The lowest BCUT2D eigenvalue weighted by Crippen LogP contribution is -2.26. The van der Waals surface area contributed by atoms with Crippen LogP contribution < -0.4 is 14.4 Å². The van der Waals surface area contributed by atoms with Crippen LogP contribution in [0.3, 0.4) is 0 Å². The summed E-state index contributed by atoms with van der Waals surface area (Å²) < 4.78 is 20.5. The van der Waals surface area contributed by atoms with Crippen LogP contribution in [-0.2, 0) is 19.1 Å². The molecular formula is C24H23NO6. The van der Waals surface area contributed by atoms with Crippen molar-refractivity contribution >= 4 is 17.6 Å². The third-order valence-corrected chi connectivity index (χ3v) is 4.75. The average Bonchev–Trinajstić information content (AvgIpc) is 3.05. The summed E-state index contributed by atoms with van der Waals surface area (Å²) in [4.78, 5) is 26.4. The van der Waals surface area contributed by atoms with Crippen molar-refractivity contribution in [2.45, 2.75) is 0 Å². The first-order chi connectivity index (χ1) is 15.0. The van der Waals surface area contributed by atoms with E-state index in [1.54, 1.807) is 37.5 Å². The molecule has 0 aliphatic carbocycles. The second-order valence-corrected chi connectivity index (χ2v) is 6.43. The molecule has 31 heavy (non-hydrogen) atoms. The number of rotatable bonds is 6. The first-order valence-electron chi connectivity index (χ1n) is 9.41. The maximum absolute atomic E-state index is 12.5. The number of methoxy groups -OCH3 is 4. The lowest BCUT2D eigenvalue weighted by atomic mass is 10.0. The number of ether oxygens (including phenoxy) is 4. The molecule has 0 atom stereocenters. The van der Waals surface area contributed by atoms with Crippen molar-refractivity contribution in [2.24, 2.45) is 0 Å². The minimum Gasteiger partial charge on any atom is -0.497 e. The normalized spacial score (nSPS) is 13.0. The van der Waals surface area contributed by atoms with Crippen molar-refractivity contribution in [1.29, 1.82) is 0 Å². The average molecular weight is 421 g/mol. The molecule has 0 fully saturated rings. The fraction of sp³-hybridized carbons (Fsp3) is 0.167. The maximum atomic E-state index is 12.5. The Morgan fingerprint density at radius 2 is 1.52 bits per heavy atom. The number of nitrogens with zero attached hydrogens (tertiary/aromatic N) is 1. The van der Waals surface area contributed by atoms with Crippen molar-refractivity contribution < 1.29 is 28.5 Å². The summed E-state index contributed by atoms with van der Waals surface area (Å²) >= 11 is 0. The van der Waals surface area contributed by atoms with Crippen molar-refractivity contribution in [2.75, 3.05) is 33.3 Å². The van der Waals surface area contributed by atoms with Crippen molar-refractivity contribution in [3.05, 3.63) is 78.2 Å². The monoisotopic (exact) mass is 421 g/mol. The summed E-state index contributed by atoms with van der Waals surface area (Å²) in [5, 5.41) is 0. The lowest BCUT2D eigenvalue weighted by molar-refractivity contribution is -0.139. The molecule has 160 valence electrons. The fourth-order valence-corrected chi connectivity index (χ4v) is 3.20. The van der Waals surface area contributed by atoms with E-state index < -0.39 is 11.9 Å². The van der Waals surface area contributed by atoms with Crippen LogP contribution in [0.25, 0.3) is 11.1 Å². The highest BCUT2D eigenvalue weighted by Crippen LogP contribution is 2.35. The predicted octanol–water partition coefficient (Wildman–Crippen LogP) is 3.86. The first kappa shape index (κ1) is 21.7. The Kier molecular flexibility index (Phi) is 6.77. The Balaban J connectivity index is 2.04. The zero-order chi connectivity index (χ0) is 22.4. The first-order valence-corrected chi connectivity index (χ1v) is 9.41. The Hall–Kier alpha value is -4.00. The van der Waals surface area contributed by atoms with Crippen molar-refractivity contribution in [1.82, 2.24) is 0 Å². The molecule has 0 unspecified atom stereocenters. The summed E-state index contributed by atoms with van der Waals surface area (Å²) in [6.07, 6.45) is 6.58. The van der Waals surface area contributed by atoms with Gasteiger partial charge in [0, 0.05) is 23.5 Å². The van der Waals surface area contributed by atoms with E-state index in [0.29, 0.717) is 17.2 Å². The summed E-state index contributed by atoms with van der Waals surface area (Å²) in [6, 6.07) is 13.1. The minimum absolute atomic E-state index is 0.0640. The van der Waals surface area contributed by atoms with Crippen LogP contribution >= 0.6 is 0 Å². The lowest BCUT2D eigenvalue weighted by Gasteiger charge is -2.23. The van der Waals surface area contributed by atoms with Gasteiger partial charge < -0.3 is 23.8 Å². The molecule has 0 aromatic heterocycles. The molecule has 1 aliphatic rings. The third kappa shape index (κ3) is 4.45. The molecule has 0 bridgehead atoms. The summed E-state index contributed by atoms with van der Waals surface area (Å²) in [5.74, 6) is 0.0825. The van der Waals surface area contributed by atoms with Gasteiger partial charge in [-0.15, -0.1) is 0 Å². The van der Waals surface area contributed by atoms with Gasteiger partial charge in [-0.2, -0.15) is 0 Å². The smallest absolute Gasteiger partial charge is 0.355 e. The minimum atomic E-state index is -0.655. The SMILES string of the molecule is COC(=O)C1=C(C(=O)OC)N(c2ccc(-c3ccc(OC)cc3OC)cc2)C=CC=C1. The Labute approximate surface area is 180 Å². The molecule has 0 saturated carbocycles. The standard InChI is InChI=1S/C24H23NO6/c1-28-18-12-13-19(21(15-18)29-2)16-8-10-17(11-9-16)25-14-6-5-7-20(23(26)30-3)22(25)24(27)31-4/h5-15H,1-4H3. The summed E-state index contributed by atoms with van der Waals surface area (Å²) in [7, 11) is 5.72. The van der Waals surface area contributed by atoms with Crippen LogP contribution in [0.4, 0.5) is 5.69 Å². The third-order valence-electron chi connectivity index (χ3n) is 4.75. The number of hydrogen-bond acceptors (Lipinski definition) is 7. The van der Waals surface area contributed by atoms with Gasteiger partial charge in [0.1, 0.15) is 17.2 Å².